The summed E-state index contributed by atoms with van der Waals surface area (Å²) in [6.07, 6.45) is 6.88. The third-order valence-electron chi connectivity index (χ3n) is 11.9. The normalized spacial score (nSPS) is 29.9. The van der Waals surface area contributed by atoms with E-state index >= 15 is 0 Å². The van der Waals surface area contributed by atoms with Crippen molar-refractivity contribution >= 4 is 98.8 Å². The van der Waals surface area contributed by atoms with Crippen LogP contribution in [0.3, 0.4) is 0 Å². The predicted molar refractivity (Wildman–Crippen MR) is 245 cm³/mol. The first-order chi connectivity index (χ1) is 25.9. The molecule has 2 saturated heterocycles. The summed E-state index contributed by atoms with van der Waals surface area (Å²) in [6, 6.07) is 0. The SMILES string of the molecule is C.C=C[C@](C)(CC(=O)[C@@]1(C)C(=O)/C(=C/C)CC[C@H]1C)C1OCCO1.C=C[C@](C)(CC(=O)[C@@]1(C)C(=O)C(C(C)O)CC[C@H]1C)C1OCCO1.S=S=S=S=S=S=S=S. The van der Waals surface area contributed by atoms with Crippen LogP contribution in [0.2, 0.25) is 0 Å². The smallest absolute Gasteiger partial charge is 0.172 e. The zero-order chi connectivity index (χ0) is 41.6. The van der Waals surface area contributed by atoms with E-state index in [2.05, 4.69) is 35.5 Å². The topological polar surface area (TPSA) is 125 Å². The van der Waals surface area contributed by atoms with Gasteiger partial charge in [-0.1, -0.05) is 53.3 Å². The third-order valence-corrected chi connectivity index (χ3v) is 23.0. The third kappa shape index (κ3) is 13.0. The highest BCUT2D eigenvalue weighted by Gasteiger charge is 2.54. The molecule has 0 spiro atoms. The zero-order valence-electron chi connectivity index (χ0n) is 33.2. The zero-order valence-corrected chi connectivity index (χ0v) is 39.7. The van der Waals surface area contributed by atoms with Crippen LogP contribution in [0, 0.1) is 39.4 Å². The Morgan fingerprint density at radius 2 is 1.23 bits per heavy atom. The monoisotopic (exact) mass is 930 g/mol. The Balaban J connectivity index is 0.000000463. The summed E-state index contributed by atoms with van der Waals surface area (Å²) in [6.45, 7) is 24.5. The molecule has 1 N–H and O–H groups in total. The van der Waals surface area contributed by atoms with E-state index in [-0.39, 0.29) is 55.2 Å². The molecule has 2 saturated carbocycles. The van der Waals surface area contributed by atoms with Crippen molar-refractivity contribution in [1.82, 2.24) is 0 Å². The second-order valence-electron chi connectivity index (χ2n) is 15.4. The van der Waals surface area contributed by atoms with Gasteiger partial charge in [-0.05, 0) is 70.8 Å². The van der Waals surface area contributed by atoms with Crippen molar-refractivity contribution in [2.45, 2.75) is 120 Å². The van der Waals surface area contributed by atoms with Gasteiger partial charge < -0.3 is 24.1 Å². The molecule has 4 aliphatic rings. The summed E-state index contributed by atoms with van der Waals surface area (Å²) < 4.78 is 22.3. The first kappa shape index (κ1) is 53.5. The molecular formula is C39H62O9S8. The summed E-state index contributed by atoms with van der Waals surface area (Å²) in [5.41, 5.74) is -2.57. The first-order valence-electron chi connectivity index (χ1n) is 18.4. The molecule has 2 aliphatic heterocycles. The fraction of sp³-hybridized carbons (Fsp3) is 0.744. The minimum Gasteiger partial charge on any atom is -0.393 e. The van der Waals surface area contributed by atoms with Gasteiger partial charge in [0.1, 0.15) is 11.6 Å². The highest BCUT2D eigenvalue weighted by atomic mass is 33.4. The molecule has 9 nitrogen and oxygen atoms in total. The molecule has 56 heavy (non-hydrogen) atoms. The first-order valence-corrected chi connectivity index (χ1v) is 27.7. The molecule has 0 aromatic heterocycles. The van der Waals surface area contributed by atoms with Crippen molar-refractivity contribution in [3.63, 3.8) is 0 Å². The lowest BCUT2D eigenvalue weighted by Crippen LogP contribution is -2.52. The predicted octanol–water partition coefficient (Wildman–Crippen LogP) is 6.59. The van der Waals surface area contributed by atoms with Crippen molar-refractivity contribution in [3.05, 3.63) is 37.0 Å². The quantitative estimate of drug-likeness (QED) is 0.137. The van der Waals surface area contributed by atoms with Crippen molar-refractivity contribution in [2.75, 3.05) is 26.4 Å². The molecule has 0 aromatic rings. The van der Waals surface area contributed by atoms with Gasteiger partial charge in [0, 0.05) is 105 Å². The van der Waals surface area contributed by atoms with E-state index in [0.717, 1.165) is 24.8 Å². The van der Waals surface area contributed by atoms with Gasteiger partial charge in [-0.25, -0.2) is 0 Å². The molecular weight excluding hydrogens is 869 g/mol. The van der Waals surface area contributed by atoms with Crippen LogP contribution in [0.5, 0.6) is 0 Å². The van der Waals surface area contributed by atoms with Gasteiger partial charge in [0.25, 0.3) is 0 Å². The van der Waals surface area contributed by atoms with Gasteiger partial charge in [0.15, 0.2) is 24.1 Å². The van der Waals surface area contributed by atoms with Gasteiger partial charge >= 0.3 is 0 Å². The molecule has 0 radical (unpaired) electrons. The molecule has 0 bridgehead atoms. The second-order valence-corrected chi connectivity index (χ2v) is 26.0. The molecule has 2 aliphatic carbocycles. The number of Topliss-reactive ketones (excluding diaryl/α,β-unsaturated/α-hetero) is 4. The van der Waals surface area contributed by atoms with Crippen molar-refractivity contribution in [3.8, 4) is 0 Å². The number of hydrogen-bond acceptors (Lipinski definition) is 11. The molecule has 0 aromatic carbocycles. The Labute approximate surface area is 362 Å². The standard InChI is InChI=1S/C19H30O5.C19H28O4.CH4.S8/c1-6-18(4,17-23-9-10-24-17)11-15(21)19(5)12(2)7-8-14(13(3)20)16(19)22;1-6-14-9-8-13(3)19(5,16(14)21)15(20)12-18(4,7-2)17-22-10-11-23-17;;1-3-5-7-8-6-4-2/h6,12-14,17,20H,1,7-11H2,2-5H3;6-7,13,17H,2,8-12H2,1,3-5H3;1H4;/b;14-6+;;/t12-,13?,14?,18-,19+;13-,18-,19+;;/m11../s1. The van der Waals surface area contributed by atoms with Crippen molar-refractivity contribution in [2.24, 2.45) is 39.4 Å². The average molecular weight is 931 g/mol. The number of allylic oxidation sites excluding steroid dienone is 2. The minimum absolute atomic E-state index is 0. The Bertz CT molecular complexity index is 1690. The number of hydrogen-bond donors (Lipinski definition) is 1. The summed E-state index contributed by atoms with van der Waals surface area (Å²) >= 11 is 9.21. The van der Waals surface area contributed by atoms with Gasteiger partial charge in [-0.2, -0.15) is 0 Å². The van der Waals surface area contributed by atoms with Crippen LogP contribution in [-0.2, 0) is 114 Å². The molecule has 4 rings (SSSR count). The summed E-state index contributed by atoms with van der Waals surface area (Å²) in [5.74, 6) is -0.812. The largest absolute Gasteiger partial charge is 0.393 e. The lowest BCUT2D eigenvalue weighted by atomic mass is 9.59. The Morgan fingerprint density at radius 1 is 0.821 bits per heavy atom. The summed E-state index contributed by atoms with van der Waals surface area (Å²) in [5, 5.41) is 9.91. The molecule has 17 heteroatoms. The number of ketones is 4. The lowest BCUT2D eigenvalue weighted by molar-refractivity contribution is -0.157. The van der Waals surface area contributed by atoms with Crippen molar-refractivity contribution < 1.29 is 43.2 Å². The van der Waals surface area contributed by atoms with Crippen LogP contribution in [0.1, 0.15) is 101 Å². The Hall–Kier alpha value is -0.540. The number of carbonyl (C=O) groups excluding carboxylic acids is 4. The van der Waals surface area contributed by atoms with Gasteiger partial charge in [-0.3, -0.25) is 19.2 Å². The Kier molecular flexibility index (Phi) is 23.5. The van der Waals surface area contributed by atoms with Gasteiger partial charge in [-0.15, -0.1) is 13.2 Å². The van der Waals surface area contributed by atoms with Gasteiger partial charge in [0.05, 0.1) is 43.4 Å². The van der Waals surface area contributed by atoms with Crippen LogP contribution in [0.25, 0.3) is 0 Å². The second kappa shape index (κ2) is 24.7. The van der Waals surface area contributed by atoms with Crippen LogP contribution >= 0.6 is 0 Å². The minimum atomic E-state index is -1.08. The molecule has 8 atom stereocenters. The summed E-state index contributed by atoms with van der Waals surface area (Å²) in [7, 11) is 9.12. The molecule has 4 fully saturated rings. The number of rotatable bonds is 11. The maximum Gasteiger partial charge on any atom is 0.172 e. The van der Waals surface area contributed by atoms with Crippen molar-refractivity contribution in [1.29, 1.82) is 0 Å². The average Bonchev–Trinajstić information content (AvgIpc) is 3.92. The highest BCUT2D eigenvalue weighted by molar-refractivity contribution is 8.70. The van der Waals surface area contributed by atoms with E-state index in [1.807, 2.05) is 40.7 Å². The number of carbonyl (C=O) groups is 4. The summed E-state index contributed by atoms with van der Waals surface area (Å²) in [4.78, 5) is 52.1. The van der Waals surface area contributed by atoms with Crippen LogP contribution in [0.15, 0.2) is 37.0 Å². The number of ether oxygens (including phenoxy) is 4. The van der Waals surface area contributed by atoms with E-state index in [1.54, 1.807) is 68.4 Å². The van der Waals surface area contributed by atoms with Crippen LogP contribution < -0.4 is 0 Å². The maximum atomic E-state index is 13.2. The highest BCUT2D eigenvalue weighted by Crippen LogP contribution is 2.47. The fourth-order valence-corrected chi connectivity index (χ4v) is 18.4. The molecule has 0 amide bonds. The molecule has 2 heterocycles. The molecule has 2 unspecified atom stereocenters. The fourth-order valence-electron chi connectivity index (χ4n) is 7.44. The van der Waals surface area contributed by atoms with E-state index in [4.69, 9.17) is 18.9 Å². The van der Waals surface area contributed by atoms with E-state index in [9.17, 15) is 24.3 Å². The Morgan fingerprint density at radius 3 is 1.61 bits per heavy atom. The lowest BCUT2D eigenvalue weighted by Gasteiger charge is -2.43. The van der Waals surface area contributed by atoms with Crippen LogP contribution in [0.4, 0.5) is 0 Å². The van der Waals surface area contributed by atoms with E-state index in [1.165, 1.54) is 17.8 Å². The van der Waals surface area contributed by atoms with E-state index in [0.29, 0.717) is 32.8 Å². The molecule has 320 valence electrons. The van der Waals surface area contributed by atoms with Crippen LogP contribution in [-0.4, -0.2) is 73.4 Å². The number of aliphatic hydroxyl groups is 1. The van der Waals surface area contributed by atoms with Gasteiger partial charge in [0.2, 0.25) is 0 Å². The maximum absolute atomic E-state index is 13.2. The number of aliphatic hydroxyl groups excluding tert-OH is 1. The van der Waals surface area contributed by atoms with E-state index < -0.39 is 46.3 Å².